The fourth-order valence-electron chi connectivity index (χ4n) is 2.48. The van der Waals surface area contributed by atoms with Crippen LogP contribution in [-0.4, -0.2) is 56.4 Å². The summed E-state index contributed by atoms with van der Waals surface area (Å²) in [7, 11) is -1.49. The van der Waals surface area contributed by atoms with Gasteiger partial charge in [0.2, 0.25) is 5.09 Å². The fourth-order valence-corrected chi connectivity index (χ4v) is 3.93. The zero-order chi connectivity index (χ0) is 15.0. The van der Waals surface area contributed by atoms with Crippen LogP contribution in [0, 0.1) is 0 Å². The maximum Gasteiger partial charge on any atom is 0.276 e. The van der Waals surface area contributed by atoms with E-state index in [4.69, 9.17) is 4.42 Å². The lowest BCUT2D eigenvalue weighted by Gasteiger charge is -2.36. The number of piperazine rings is 1. The van der Waals surface area contributed by atoms with Gasteiger partial charge >= 0.3 is 0 Å². The van der Waals surface area contributed by atoms with Crippen LogP contribution in [0.1, 0.15) is 25.5 Å². The highest BCUT2D eigenvalue weighted by Gasteiger charge is 2.33. The summed E-state index contributed by atoms with van der Waals surface area (Å²) in [5, 5.41) is 3.38. The summed E-state index contributed by atoms with van der Waals surface area (Å²) in [6.45, 7) is 4.40. The van der Waals surface area contributed by atoms with E-state index < -0.39 is 10.0 Å². The first-order valence-electron chi connectivity index (χ1n) is 7.49. The Labute approximate surface area is 126 Å². The zero-order valence-corrected chi connectivity index (χ0v) is 13.4. The van der Waals surface area contributed by atoms with Gasteiger partial charge in [0.25, 0.3) is 10.0 Å². The molecule has 2 fully saturated rings. The maximum atomic E-state index is 12.6. The Balaban J connectivity index is 1.69. The van der Waals surface area contributed by atoms with Gasteiger partial charge in [0.05, 0.1) is 6.54 Å². The van der Waals surface area contributed by atoms with Crippen molar-refractivity contribution in [3.63, 3.8) is 0 Å². The van der Waals surface area contributed by atoms with Crippen molar-refractivity contribution in [3.05, 3.63) is 17.9 Å². The topological polar surface area (TPSA) is 65.8 Å². The van der Waals surface area contributed by atoms with Gasteiger partial charge in [0.15, 0.2) is 0 Å². The van der Waals surface area contributed by atoms with Crippen molar-refractivity contribution >= 4 is 10.0 Å². The second-order valence-corrected chi connectivity index (χ2v) is 7.94. The van der Waals surface area contributed by atoms with Crippen molar-refractivity contribution in [2.45, 2.75) is 43.5 Å². The summed E-state index contributed by atoms with van der Waals surface area (Å²) >= 11 is 0. The molecule has 7 heteroatoms. The Morgan fingerprint density at radius 3 is 2.76 bits per heavy atom. The van der Waals surface area contributed by atoms with E-state index in [1.807, 2.05) is 14.0 Å². The summed E-state index contributed by atoms with van der Waals surface area (Å²) in [5.74, 6) is 0.683. The summed E-state index contributed by atoms with van der Waals surface area (Å²) in [4.78, 5) is 2.17. The average molecular weight is 313 g/mol. The monoisotopic (exact) mass is 313 g/mol. The van der Waals surface area contributed by atoms with Crippen LogP contribution >= 0.6 is 0 Å². The maximum absolute atomic E-state index is 12.6. The van der Waals surface area contributed by atoms with Gasteiger partial charge in [0.1, 0.15) is 5.76 Å². The quantitative estimate of drug-likeness (QED) is 0.873. The summed E-state index contributed by atoms with van der Waals surface area (Å²) in [6, 6.07) is 4.12. The van der Waals surface area contributed by atoms with Crippen molar-refractivity contribution in [3.8, 4) is 0 Å². The van der Waals surface area contributed by atoms with E-state index in [0.717, 1.165) is 6.54 Å². The predicted molar refractivity (Wildman–Crippen MR) is 79.4 cm³/mol. The summed E-state index contributed by atoms with van der Waals surface area (Å²) < 4.78 is 32.3. The molecular weight excluding hydrogens is 290 g/mol. The molecule has 21 heavy (non-hydrogen) atoms. The SMILES string of the molecule is CC1CN(S(=O)(=O)c2ccc(CNC3CC3)o2)CCN1C. The molecule has 1 atom stereocenters. The van der Waals surface area contributed by atoms with E-state index in [-0.39, 0.29) is 11.1 Å². The lowest BCUT2D eigenvalue weighted by Crippen LogP contribution is -2.51. The van der Waals surface area contributed by atoms with Crippen LogP contribution in [0.3, 0.4) is 0 Å². The fraction of sp³-hybridized carbons (Fsp3) is 0.714. The standard InChI is InChI=1S/C14H23N3O3S/c1-11-10-17(8-7-16(11)2)21(18,19)14-6-5-13(20-14)9-15-12-3-4-12/h5-6,11-12,15H,3-4,7-10H2,1-2H3. The molecule has 0 spiro atoms. The molecule has 1 unspecified atom stereocenters. The Morgan fingerprint density at radius 2 is 2.10 bits per heavy atom. The third-order valence-corrected chi connectivity index (χ3v) is 6.04. The lowest BCUT2D eigenvalue weighted by molar-refractivity contribution is 0.158. The predicted octanol–water partition coefficient (Wildman–Crippen LogP) is 0.856. The zero-order valence-electron chi connectivity index (χ0n) is 12.6. The number of furan rings is 1. The van der Waals surface area contributed by atoms with E-state index in [2.05, 4.69) is 10.2 Å². The molecule has 0 amide bonds. The third-order valence-electron chi connectivity index (χ3n) is 4.30. The number of nitrogens with zero attached hydrogens (tertiary/aromatic N) is 2. The van der Waals surface area contributed by atoms with Gasteiger partial charge < -0.3 is 14.6 Å². The molecular formula is C14H23N3O3S. The van der Waals surface area contributed by atoms with Crippen molar-refractivity contribution in [1.82, 2.24) is 14.5 Å². The van der Waals surface area contributed by atoms with Gasteiger partial charge in [-0.2, -0.15) is 4.31 Å². The number of sulfonamides is 1. The molecule has 0 radical (unpaired) electrons. The minimum Gasteiger partial charge on any atom is -0.447 e. The van der Waals surface area contributed by atoms with Crippen molar-refractivity contribution in [2.24, 2.45) is 0 Å². The first-order chi connectivity index (χ1) is 9.96. The van der Waals surface area contributed by atoms with Crippen molar-refractivity contribution < 1.29 is 12.8 Å². The van der Waals surface area contributed by atoms with Crippen LogP contribution in [-0.2, 0) is 16.6 Å². The number of likely N-dealkylation sites (N-methyl/N-ethyl adjacent to an activating group) is 1. The number of hydrogen-bond donors (Lipinski definition) is 1. The highest BCUT2D eigenvalue weighted by Crippen LogP contribution is 2.23. The smallest absolute Gasteiger partial charge is 0.276 e. The van der Waals surface area contributed by atoms with Crippen LogP contribution < -0.4 is 5.32 Å². The first-order valence-corrected chi connectivity index (χ1v) is 8.93. The highest BCUT2D eigenvalue weighted by molar-refractivity contribution is 7.89. The van der Waals surface area contributed by atoms with Gasteiger partial charge in [-0.1, -0.05) is 0 Å². The van der Waals surface area contributed by atoms with Crippen LogP contribution in [0.5, 0.6) is 0 Å². The van der Waals surface area contributed by atoms with E-state index in [1.54, 1.807) is 12.1 Å². The average Bonchev–Trinajstić information content (AvgIpc) is 3.15. The van der Waals surface area contributed by atoms with Gasteiger partial charge in [-0.15, -0.1) is 0 Å². The molecule has 0 aromatic carbocycles. The minimum atomic E-state index is -3.51. The van der Waals surface area contributed by atoms with E-state index in [1.165, 1.54) is 17.1 Å². The molecule has 1 saturated heterocycles. The highest BCUT2D eigenvalue weighted by atomic mass is 32.2. The normalized spacial score (nSPS) is 25.3. The molecule has 1 aliphatic carbocycles. The summed E-state index contributed by atoms with van der Waals surface area (Å²) in [6.07, 6.45) is 2.40. The molecule has 118 valence electrons. The molecule has 2 heterocycles. The Hall–Kier alpha value is -0.890. The number of hydrogen-bond acceptors (Lipinski definition) is 5. The first kappa shape index (κ1) is 15.0. The van der Waals surface area contributed by atoms with Crippen molar-refractivity contribution in [2.75, 3.05) is 26.7 Å². The third kappa shape index (κ3) is 3.31. The van der Waals surface area contributed by atoms with Gasteiger partial charge in [-0.3, -0.25) is 0 Å². The molecule has 0 bridgehead atoms. The Kier molecular flexibility index (Phi) is 4.09. The molecule has 6 nitrogen and oxygen atoms in total. The van der Waals surface area contributed by atoms with Gasteiger partial charge in [0, 0.05) is 31.7 Å². The van der Waals surface area contributed by atoms with E-state index in [9.17, 15) is 8.42 Å². The lowest BCUT2D eigenvalue weighted by atomic mass is 10.2. The second kappa shape index (κ2) is 5.72. The van der Waals surface area contributed by atoms with Crippen LogP contribution in [0.15, 0.2) is 21.6 Å². The molecule has 1 aromatic rings. The molecule has 1 N–H and O–H groups in total. The van der Waals surface area contributed by atoms with Crippen molar-refractivity contribution in [1.29, 1.82) is 0 Å². The Bertz CT molecular complexity index is 594. The van der Waals surface area contributed by atoms with Crippen LogP contribution in [0.2, 0.25) is 0 Å². The number of rotatable bonds is 5. The molecule has 1 aromatic heterocycles. The van der Waals surface area contributed by atoms with Crippen LogP contribution in [0.25, 0.3) is 0 Å². The number of nitrogens with one attached hydrogen (secondary N) is 1. The molecule has 2 aliphatic rings. The molecule has 1 aliphatic heterocycles. The summed E-state index contributed by atoms with van der Waals surface area (Å²) in [5.41, 5.74) is 0. The van der Waals surface area contributed by atoms with E-state index >= 15 is 0 Å². The van der Waals surface area contributed by atoms with Crippen LogP contribution in [0.4, 0.5) is 0 Å². The second-order valence-electron chi connectivity index (χ2n) is 6.07. The van der Waals surface area contributed by atoms with Gasteiger partial charge in [-0.05, 0) is 38.9 Å². The Morgan fingerprint density at radius 1 is 1.33 bits per heavy atom. The molecule has 1 saturated carbocycles. The largest absolute Gasteiger partial charge is 0.447 e. The van der Waals surface area contributed by atoms with E-state index in [0.29, 0.717) is 31.4 Å². The molecule has 3 rings (SSSR count). The minimum absolute atomic E-state index is 0.0619. The van der Waals surface area contributed by atoms with Gasteiger partial charge in [-0.25, -0.2) is 8.42 Å².